The largest absolute Gasteiger partial charge is 0.489 e. The normalized spacial score (nSPS) is 17.3. The molecule has 1 aliphatic heterocycles. The van der Waals surface area contributed by atoms with E-state index >= 15 is 0 Å². The van der Waals surface area contributed by atoms with E-state index in [0.29, 0.717) is 12.1 Å². The van der Waals surface area contributed by atoms with Crippen LogP contribution in [0.1, 0.15) is 16.9 Å². The van der Waals surface area contributed by atoms with Gasteiger partial charge in [0.15, 0.2) is 11.5 Å². The Morgan fingerprint density at radius 3 is 2.88 bits per heavy atom. The monoisotopic (exact) mass is 324 g/mol. The smallest absolute Gasteiger partial charge is 0.354 e. The van der Waals surface area contributed by atoms with E-state index in [1.54, 1.807) is 10.6 Å². The van der Waals surface area contributed by atoms with E-state index in [1.807, 2.05) is 30.3 Å². The lowest BCUT2D eigenvalue weighted by Crippen LogP contribution is -2.26. The third-order valence-electron chi connectivity index (χ3n) is 4.15. The molecule has 7 heteroatoms. The van der Waals surface area contributed by atoms with E-state index in [1.165, 1.54) is 12.5 Å². The van der Waals surface area contributed by atoms with Crippen LogP contribution < -0.4 is 9.64 Å². The predicted octanol–water partition coefficient (Wildman–Crippen LogP) is 2.09. The molecule has 4 rings (SSSR count). The highest BCUT2D eigenvalue weighted by molar-refractivity contribution is 5.87. The molecule has 1 fully saturated rings. The molecule has 3 aromatic rings. The first-order valence-electron chi connectivity index (χ1n) is 7.73. The van der Waals surface area contributed by atoms with Crippen molar-refractivity contribution in [3.8, 4) is 5.75 Å². The number of imidazole rings is 1. The molecular weight excluding hydrogens is 308 g/mol. The Kier molecular flexibility index (Phi) is 3.53. The molecule has 0 unspecified atom stereocenters. The van der Waals surface area contributed by atoms with Gasteiger partial charge in [-0.1, -0.05) is 18.2 Å². The maximum absolute atomic E-state index is 11.3. The molecule has 1 aliphatic rings. The SMILES string of the molecule is O=C(O)c1cnc(N2CC[C@@H](Oc3ccccc3)C2)c2cncn12. The molecule has 24 heavy (non-hydrogen) atoms. The lowest BCUT2D eigenvalue weighted by atomic mass is 10.3. The minimum absolute atomic E-state index is 0.0799. The van der Waals surface area contributed by atoms with E-state index in [4.69, 9.17) is 4.74 Å². The lowest BCUT2D eigenvalue weighted by Gasteiger charge is -2.19. The number of para-hydroxylation sites is 1. The Balaban J connectivity index is 1.57. The van der Waals surface area contributed by atoms with Gasteiger partial charge in [0.25, 0.3) is 0 Å². The Hall–Kier alpha value is -3.09. The first-order valence-corrected chi connectivity index (χ1v) is 7.73. The van der Waals surface area contributed by atoms with Gasteiger partial charge in [-0.3, -0.25) is 4.40 Å². The van der Waals surface area contributed by atoms with Crippen molar-refractivity contribution in [1.29, 1.82) is 0 Å². The van der Waals surface area contributed by atoms with Crippen molar-refractivity contribution in [2.24, 2.45) is 0 Å². The number of carboxylic acid groups (broad SMARTS) is 1. The molecule has 3 heterocycles. The van der Waals surface area contributed by atoms with E-state index < -0.39 is 5.97 Å². The number of carbonyl (C=O) groups is 1. The van der Waals surface area contributed by atoms with E-state index in [9.17, 15) is 9.90 Å². The van der Waals surface area contributed by atoms with Crippen LogP contribution in [-0.2, 0) is 0 Å². The fraction of sp³-hybridized carbons (Fsp3) is 0.235. The van der Waals surface area contributed by atoms with Crippen LogP contribution in [0.2, 0.25) is 0 Å². The van der Waals surface area contributed by atoms with Crippen LogP contribution in [0.5, 0.6) is 5.75 Å². The predicted molar refractivity (Wildman–Crippen MR) is 87.6 cm³/mol. The van der Waals surface area contributed by atoms with Crippen LogP contribution in [0.4, 0.5) is 5.82 Å². The van der Waals surface area contributed by atoms with E-state index in [2.05, 4.69) is 14.9 Å². The zero-order valence-corrected chi connectivity index (χ0v) is 12.9. The summed E-state index contributed by atoms with van der Waals surface area (Å²) in [6.07, 6.45) is 5.48. The fourth-order valence-corrected chi connectivity index (χ4v) is 3.01. The molecule has 122 valence electrons. The van der Waals surface area contributed by atoms with Gasteiger partial charge in [0.05, 0.1) is 18.9 Å². The number of aromatic carboxylic acids is 1. The number of rotatable bonds is 4. The topological polar surface area (TPSA) is 80.0 Å². The molecule has 0 bridgehead atoms. The van der Waals surface area contributed by atoms with Crippen LogP contribution in [0.3, 0.4) is 0 Å². The summed E-state index contributed by atoms with van der Waals surface area (Å²) in [5.41, 5.74) is 0.790. The Morgan fingerprint density at radius 2 is 2.08 bits per heavy atom. The highest BCUT2D eigenvalue weighted by atomic mass is 16.5. The van der Waals surface area contributed by atoms with Gasteiger partial charge in [-0.05, 0) is 12.1 Å². The van der Waals surface area contributed by atoms with Crippen molar-refractivity contribution in [3.63, 3.8) is 0 Å². The molecule has 1 N–H and O–H groups in total. The molecule has 1 atom stereocenters. The maximum atomic E-state index is 11.3. The zero-order valence-electron chi connectivity index (χ0n) is 12.9. The number of carboxylic acids is 1. The number of aromatic nitrogens is 3. The number of anilines is 1. The van der Waals surface area contributed by atoms with Crippen molar-refractivity contribution in [1.82, 2.24) is 14.4 Å². The van der Waals surface area contributed by atoms with E-state index in [0.717, 1.165) is 24.5 Å². The summed E-state index contributed by atoms with van der Waals surface area (Å²) in [5.74, 6) is 0.563. The average Bonchev–Trinajstić information content (AvgIpc) is 3.24. The highest BCUT2D eigenvalue weighted by Crippen LogP contribution is 2.26. The molecule has 0 radical (unpaired) electrons. The van der Waals surface area contributed by atoms with E-state index in [-0.39, 0.29) is 11.8 Å². The Labute approximate surface area is 138 Å². The minimum Gasteiger partial charge on any atom is -0.489 e. The van der Waals surface area contributed by atoms with Crippen LogP contribution in [-0.4, -0.2) is 44.6 Å². The summed E-state index contributed by atoms with van der Waals surface area (Å²) >= 11 is 0. The van der Waals surface area contributed by atoms with Gasteiger partial charge in [-0.2, -0.15) is 0 Å². The van der Waals surface area contributed by atoms with Crippen molar-refractivity contribution in [3.05, 3.63) is 54.7 Å². The van der Waals surface area contributed by atoms with Crippen LogP contribution in [0, 0.1) is 0 Å². The Bertz CT molecular complexity index is 878. The van der Waals surface area contributed by atoms with Crippen molar-refractivity contribution in [2.45, 2.75) is 12.5 Å². The molecular formula is C17H16N4O3. The third-order valence-corrected chi connectivity index (χ3v) is 4.15. The molecule has 0 saturated carbocycles. The number of nitrogens with zero attached hydrogens (tertiary/aromatic N) is 4. The van der Waals surface area contributed by atoms with Crippen molar-refractivity contribution in [2.75, 3.05) is 18.0 Å². The number of ether oxygens (including phenoxy) is 1. The second kappa shape index (κ2) is 5.84. The van der Waals surface area contributed by atoms with Crippen LogP contribution in [0.25, 0.3) is 5.52 Å². The Morgan fingerprint density at radius 1 is 1.25 bits per heavy atom. The summed E-state index contributed by atoms with van der Waals surface area (Å²) in [7, 11) is 0. The molecule has 0 amide bonds. The minimum atomic E-state index is -1.02. The standard InChI is InChI=1S/C17H16N4O3/c22-17(23)15-9-19-16(14-8-18-11-21(14)15)20-7-6-13(10-20)24-12-4-2-1-3-5-12/h1-5,8-9,11,13H,6-7,10H2,(H,22,23)/t13-/m1/s1. The summed E-state index contributed by atoms with van der Waals surface area (Å²) < 4.78 is 7.55. The zero-order chi connectivity index (χ0) is 16.5. The summed E-state index contributed by atoms with van der Waals surface area (Å²) in [6, 6.07) is 9.74. The van der Waals surface area contributed by atoms with Gasteiger partial charge >= 0.3 is 5.97 Å². The molecule has 2 aromatic heterocycles. The maximum Gasteiger partial charge on any atom is 0.354 e. The van der Waals surface area contributed by atoms with Gasteiger partial charge in [-0.15, -0.1) is 0 Å². The van der Waals surface area contributed by atoms with Crippen LogP contribution in [0.15, 0.2) is 49.1 Å². The lowest BCUT2D eigenvalue weighted by molar-refractivity contribution is 0.0688. The van der Waals surface area contributed by atoms with Crippen molar-refractivity contribution < 1.29 is 14.6 Å². The molecule has 0 spiro atoms. The summed E-state index contributed by atoms with van der Waals surface area (Å²) in [6.45, 7) is 1.51. The summed E-state index contributed by atoms with van der Waals surface area (Å²) in [4.78, 5) is 21.8. The molecule has 1 aromatic carbocycles. The van der Waals surface area contributed by atoms with Gasteiger partial charge in [0.2, 0.25) is 0 Å². The van der Waals surface area contributed by atoms with Crippen molar-refractivity contribution >= 4 is 17.3 Å². The van der Waals surface area contributed by atoms with Gasteiger partial charge in [-0.25, -0.2) is 14.8 Å². The first kappa shape index (κ1) is 14.5. The molecule has 7 nitrogen and oxygen atoms in total. The first-order chi connectivity index (χ1) is 11.7. The fourth-order valence-electron chi connectivity index (χ4n) is 3.01. The quantitative estimate of drug-likeness (QED) is 0.791. The number of hydrogen-bond donors (Lipinski definition) is 1. The van der Waals surface area contributed by atoms with Crippen LogP contribution >= 0.6 is 0 Å². The number of hydrogen-bond acceptors (Lipinski definition) is 5. The van der Waals surface area contributed by atoms with Gasteiger partial charge < -0.3 is 14.7 Å². The number of benzene rings is 1. The number of fused-ring (bicyclic) bond motifs is 1. The molecule has 1 saturated heterocycles. The summed E-state index contributed by atoms with van der Waals surface area (Å²) in [5, 5.41) is 9.24. The van der Waals surface area contributed by atoms with Gasteiger partial charge in [0, 0.05) is 13.0 Å². The highest BCUT2D eigenvalue weighted by Gasteiger charge is 2.27. The second-order valence-corrected chi connectivity index (χ2v) is 5.71. The molecule has 0 aliphatic carbocycles. The second-order valence-electron chi connectivity index (χ2n) is 5.71. The third kappa shape index (κ3) is 2.54. The average molecular weight is 324 g/mol. The van der Waals surface area contributed by atoms with Gasteiger partial charge in [0.1, 0.15) is 23.7 Å².